The summed E-state index contributed by atoms with van der Waals surface area (Å²) in [5.41, 5.74) is 1.40. The molecule has 0 bridgehead atoms. The summed E-state index contributed by atoms with van der Waals surface area (Å²) in [7, 11) is 0. The van der Waals surface area contributed by atoms with Gasteiger partial charge in [0.1, 0.15) is 11.1 Å². The first-order valence-electron chi connectivity index (χ1n) is 8.89. The second-order valence-corrected chi connectivity index (χ2v) is 7.28. The highest BCUT2D eigenvalue weighted by Crippen LogP contribution is 2.23. The third kappa shape index (κ3) is 4.38. The van der Waals surface area contributed by atoms with Gasteiger partial charge in [-0.1, -0.05) is 0 Å². The van der Waals surface area contributed by atoms with Crippen LogP contribution in [0.1, 0.15) is 42.1 Å². The van der Waals surface area contributed by atoms with Gasteiger partial charge in [-0.15, -0.1) is 11.3 Å². The summed E-state index contributed by atoms with van der Waals surface area (Å²) in [5.74, 6) is -1.06. The van der Waals surface area contributed by atoms with E-state index in [2.05, 4.69) is 5.32 Å². The smallest absolute Gasteiger partial charge is 0.338 e. The third-order valence-corrected chi connectivity index (χ3v) is 5.24. The molecule has 1 fully saturated rings. The number of anilines is 2. The summed E-state index contributed by atoms with van der Waals surface area (Å²) < 4.78 is 5.22. The van der Waals surface area contributed by atoms with E-state index in [1.165, 1.54) is 18.3 Å². The van der Waals surface area contributed by atoms with Gasteiger partial charge in [0.15, 0.2) is 6.10 Å². The van der Waals surface area contributed by atoms with Gasteiger partial charge in [0, 0.05) is 18.7 Å². The van der Waals surface area contributed by atoms with E-state index in [1.807, 2.05) is 6.07 Å². The number of esters is 1. The largest absolute Gasteiger partial charge is 0.449 e. The molecule has 1 aromatic carbocycles. The molecule has 8 heteroatoms. The van der Waals surface area contributed by atoms with Crippen LogP contribution in [-0.2, 0) is 14.3 Å². The zero-order valence-corrected chi connectivity index (χ0v) is 16.1. The topological polar surface area (TPSA) is 99.5 Å². The van der Waals surface area contributed by atoms with Crippen LogP contribution in [0.2, 0.25) is 0 Å². The summed E-state index contributed by atoms with van der Waals surface area (Å²) in [5, 5.41) is 13.7. The highest BCUT2D eigenvalue weighted by Gasteiger charge is 2.22. The highest BCUT2D eigenvalue weighted by atomic mass is 32.1. The first-order valence-corrected chi connectivity index (χ1v) is 9.77. The van der Waals surface area contributed by atoms with E-state index in [4.69, 9.17) is 10.00 Å². The van der Waals surface area contributed by atoms with E-state index in [9.17, 15) is 14.4 Å². The number of nitrogens with zero attached hydrogens (tertiary/aromatic N) is 2. The Morgan fingerprint density at radius 3 is 2.68 bits per heavy atom. The van der Waals surface area contributed by atoms with E-state index >= 15 is 0 Å². The Kier molecular flexibility index (Phi) is 6.06. The molecule has 0 unspecified atom stereocenters. The van der Waals surface area contributed by atoms with Gasteiger partial charge in [-0.05, 0) is 55.5 Å². The van der Waals surface area contributed by atoms with Gasteiger partial charge in [0.25, 0.3) is 5.91 Å². The lowest BCUT2D eigenvalue weighted by atomic mass is 10.1. The first kappa shape index (κ1) is 19.6. The number of carbonyl (C=O) groups excluding carboxylic acids is 3. The Balaban J connectivity index is 1.60. The maximum Gasteiger partial charge on any atom is 0.338 e. The van der Waals surface area contributed by atoms with Crippen molar-refractivity contribution in [1.29, 1.82) is 5.26 Å². The lowest BCUT2D eigenvalue weighted by Crippen LogP contribution is -2.35. The number of piperidine rings is 1. The summed E-state index contributed by atoms with van der Waals surface area (Å²) in [6.45, 7) is 2.14. The predicted molar refractivity (Wildman–Crippen MR) is 105 cm³/mol. The predicted octanol–water partition coefficient (Wildman–Crippen LogP) is 3.32. The molecule has 0 saturated carbocycles. The summed E-state index contributed by atoms with van der Waals surface area (Å²) in [6, 6.07) is 10.2. The molecule has 144 valence electrons. The minimum Gasteiger partial charge on any atom is -0.449 e. The fraction of sp³-hybridized carbons (Fsp3) is 0.300. The van der Waals surface area contributed by atoms with Gasteiger partial charge < -0.3 is 15.0 Å². The van der Waals surface area contributed by atoms with Gasteiger partial charge in [-0.2, -0.15) is 5.26 Å². The van der Waals surface area contributed by atoms with Crippen molar-refractivity contribution in [3.8, 4) is 6.07 Å². The monoisotopic (exact) mass is 397 g/mol. The van der Waals surface area contributed by atoms with Gasteiger partial charge in [0.05, 0.1) is 11.1 Å². The van der Waals surface area contributed by atoms with Crippen molar-refractivity contribution in [3.63, 3.8) is 0 Å². The van der Waals surface area contributed by atoms with Crippen LogP contribution in [0.25, 0.3) is 0 Å². The summed E-state index contributed by atoms with van der Waals surface area (Å²) in [6.07, 6.45) is 1.37. The fourth-order valence-corrected chi connectivity index (χ4v) is 3.59. The Morgan fingerprint density at radius 1 is 1.25 bits per heavy atom. The van der Waals surface area contributed by atoms with Crippen molar-refractivity contribution in [1.82, 2.24) is 0 Å². The summed E-state index contributed by atoms with van der Waals surface area (Å²) in [4.78, 5) is 38.2. The quantitative estimate of drug-likeness (QED) is 0.780. The van der Waals surface area contributed by atoms with E-state index in [-0.39, 0.29) is 5.91 Å². The average Bonchev–Trinajstić information content (AvgIpc) is 3.15. The number of hydrogen-bond donors (Lipinski definition) is 1. The third-order valence-electron chi connectivity index (χ3n) is 4.41. The lowest BCUT2D eigenvalue weighted by Gasteiger charge is -2.26. The van der Waals surface area contributed by atoms with Gasteiger partial charge in [0.2, 0.25) is 5.91 Å². The van der Waals surface area contributed by atoms with Crippen LogP contribution in [0.3, 0.4) is 0 Å². The van der Waals surface area contributed by atoms with Crippen molar-refractivity contribution in [2.45, 2.75) is 32.3 Å². The van der Waals surface area contributed by atoms with Crippen molar-refractivity contribution in [3.05, 3.63) is 46.8 Å². The Bertz CT molecular complexity index is 930. The van der Waals surface area contributed by atoms with Crippen molar-refractivity contribution in [2.24, 2.45) is 0 Å². The number of thiophene rings is 1. The molecule has 0 radical (unpaired) electrons. The molecule has 3 rings (SSSR count). The van der Waals surface area contributed by atoms with Gasteiger partial charge in [-0.3, -0.25) is 9.59 Å². The van der Waals surface area contributed by atoms with Gasteiger partial charge >= 0.3 is 5.97 Å². The van der Waals surface area contributed by atoms with Crippen molar-refractivity contribution < 1.29 is 19.1 Å². The molecule has 0 spiro atoms. The van der Waals surface area contributed by atoms with E-state index < -0.39 is 18.0 Å². The fourth-order valence-electron chi connectivity index (χ4n) is 2.85. The molecule has 1 saturated heterocycles. The van der Waals surface area contributed by atoms with Crippen LogP contribution in [0, 0.1) is 11.3 Å². The number of carbonyl (C=O) groups is 3. The number of benzene rings is 1. The van der Waals surface area contributed by atoms with Crippen LogP contribution in [-0.4, -0.2) is 30.4 Å². The number of nitriles is 1. The number of hydrogen-bond acceptors (Lipinski definition) is 6. The molecule has 0 aliphatic carbocycles. The number of amides is 2. The van der Waals surface area contributed by atoms with Crippen molar-refractivity contribution in [2.75, 3.05) is 16.8 Å². The molecule has 1 atom stereocenters. The molecule has 28 heavy (non-hydrogen) atoms. The Labute approximate surface area is 166 Å². The number of rotatable bonds is 5. The zero-order chi connectivity index (χ0) is 20.1. The van der Waals surface area contributed by atoms with E-state index in [1.54, 1.807) is 40.6 Å². The molecule has 1 aromatic heterocycles. The SMILES string of the molecule is C[C@@H](OC(=O)c1ccc(N2CCCCC2=O)cc1)C(=O)Nc1sccc1C#N. The molecule has 1 aliphatic rings. The maximum absolute atomic E-state index is 12.3. The van der Waals surface area contributed by atoms with Crippen LogP contribution in [0.5, 0.6) is 0 Å². The lowest BCUT2D eigenvalue weighted by molar-refractivity contribution is -0.123. The molecular weight excluding hydrogens is 378 g/mol. The standard InChI is InChI=1S/C20H19N3O4S/c1-13(18(25)22-19-15(12-21)9-11-28-19)27-20(26)14-5-7-16(8-6-14)23-10-3-2-4-17(23)24/h5-9,11,13H,2-4,10H2,1H3,(H,22,25)/t13-/m1/s1. The van der Waals surface area contributed by atoms with E-state index in [0.29, 0.717) is 29.1 Å². The molecule has 2 heterocycles. The summed E-state index contributed by atoms with van der Waals surface area (Å²) >= 11 is 1.22. The minimum absolute atomic E-state index is 0.0807. The zero-order valence-electron chi connectivity index (χ0n) is 15.3. The molecular formula is C20H19N3O4S. The Hall–Kier alpha value is -3.18. The maximum atomic E-state index is 12.3. The Morgan fingerprint density at radius 2 is 2.00 bits per heavy atom. The second kappa shape index (κ2) is 8.67. The normalized spacial score (nSPS) is 14.9. The number of ether oxygens (including phenoxy) is 1. The first-order chi connectivity index (χ1) is 13.5. The van der Waals surface area contributed by atoms with Gasteiger partial charge in [-0.25, -0.2) is 4.79 Å². The van der Waals surface area contributed by atoms with Crippen LogP contribution >= 0.6 is 11.3 Å². The highest BCUT2D eigenvalue weighted by molar-refractivity contribution is 7.14. The molecule has 1 N–H and O–H groups in total. The molecule has 7 nitrogen and oxygen atoms in total. The van der Waals surface area contributed by atoms with E-state index in [0.717, 1.165) is 18.5 Å². The molecule has 2 aromatic rings. The van der Waals surface area contributed by atoms with Crippen LogP contribution < -0.4 is 10.2 Å². The molecule has 1 aliphatic heterocycles. The average molecular weight is 397 g/mol. The van der Waals surface area contributed by atoms with Crippen molar-refractivity contribution >= 4 is 39.8 Å². The van der Waals surface area contributed by atoms with Crippen LogP contribution in [0.4, 0.5) is 10.7 Å². The molecule has 2 amide bonds. The number of nitrogens with one attached hydrogen (secondary N) is 1. The minimum atomic E-state index is -1.02. The van der Waals surface area contributed by atoms with Crippen LogP contribution in [0.15, 0.2) is 35.7 Å². The second-order valence-electron chi connectivity index (χ2n) is 6.36.